The lowest BCUT2D eigenvalue weighted by molar-refractivity contribution is 0.632. The smallest absolute Gasteiger partial charge is 0.0646 e. The largest absolute Gasteiger partial charge is 0.398 e. The number of thioether (sulfide) groups is 1. The summed E-state index contributed by atoms with van der Waals surface area (Å²) in [6.45, 7) is 6.55. The molecule has 1 aromatic rings. The molecule has 2 N–H and O–H groups in total. The molecule has 1 nitrogen and oxygen atoms in total. The predicted molar refractivity (Wildman–Crippen MR) is 70.8 cm³/mol. The quantitative estimate of drug-likeness (QED) is 0.628. The van der Waals surface area contributed by atoms with Crippen molar-refractivity contribution in [2.45, 2.75) is 32.1 Å². The van der Waals surface area contributed by atoms with Gasteiger partial charge in [0.2, 0.25) is 0 Å². The molecule has 1 aromatic carbocycles. The van der Waals surface area contributed by atoms with Crippen LogP contribution in [0.5, 0.6) is 0 Å². The van der Waals surface area contributed by atoms with Gasteiger partial charge in [-0.2, -0.15) is 0 Å². The van der Waals surface area contributed by atoms with Gasteiger partial charge in [-0.25, -0.2) is 0 Å². The zero-order valence-electron chi connectivity index (χ0n) is 9.51. The number of hydrogen-bond acceptors (Lipinski definition) is 2. The molecule has 84 valence electrons. The minimum Gasteiger partial charge on any atom is -0.398 e. The number of rotatable bonds is 4. The fourth-order valence-electron chi connectivity index (χ4n) is 1.25. The summed E-state index contributed by atoms with van der Waals surface area (Å²) in [5.41, 5.74) is 7.61. The van der Waals surface area contributed by atoms with Gasteiger partial charge in [0.1, 0.15) is 0 Å². The summed E-state index contributed by atoms with van der Waals surface area (Å²) in [6, 6.07) is 3.91. The molecule has 15 heavy (non-hydrogen) atoms. The highest BCUT2D eigenvalue weighted by Crippen LogP contribution is 2.30. The van der Waals surface area contributed by atoms with Gasteiger partial charge in [-0.1, -0.05) is 25.4 Å². The van der Waals surface area contributed by atoms with Crippen LogP contribution in [0, 0.1) is 12.8 Å². The second kappa shape index (κ2) is 5.66. The van der Waals surface area contributed by atoms with E-state index in [0.29, 0.717) is 10.7 Å². The van der Waals surface area contributed by atoms with E-state index >= 15 is 0 Å². The molecular weight excluding hydrogens is 226 g/mol. The molecule has 0 heterocycles. The van der Waals surface area contributed by atoms with Crippen LogP contribution >= 0.6 is 23.4 Å². The second-order valence-corrected chi connectivity index (χ2v) is 5.71. The summed E-state index contributed by atoms with van der Waals surface area (Å²) in [5, 5.41) is 0.660. The van der Waals surface area contributed by atoms with Crippen molar-refractivity contribution in [3.63, 3.8) is 0 Å². The molecule has 0 unspecified atom stereocenters. The normalized spacial score (nSPS) is 11.0. The first-order chi connectivity index (χ1) is 7.00. The molecule has 0 fully saturated rings. The Morgan fingerprint density at radius 1 is 1.40 bits per heavy atom. The minimum atomic E-state index is 0.660. The molecule has 0 saturated carbocycles. The molecule has 0 bridgehead atoms. The van der Waals surface area contributed by atoms with Gasteiger partial charge in [0.05, 0.1) is 10.7 Å². The molecule has 0 saturated heterocycles. The fraction of sp³-hybridized carbons (Fsp3) is 0.500. The van der Waals surface area contributed by atoms with E-state index in [1.54, 1.807) is 0 Å². The first-order valence-corrected chi connectivity index (χ1v) is 6.55. The number of anilines is 1. The zero-order valence-corrected chi connectivity index (χ0v) is 11.1. The molecule has 0 aliphatic carbocycles. The number of aryl methyl sites for hydroxylation is 1. The van der Waals surface area contributed by atoms with Crippen LogP contribution in [-0.4, -0.2) is 5.75 Å². The maximum Gasteiger partial charge on any atom is 0.0646 e. The first-order valence-electron chi connectivity index (χ1n) is 5.19. The van der Waals surface area contributed by atoms with E-state index in [1.165, 1.54) is 16.9 Å². The predicted octanol–water partition coefficient (Wildman–Crippen LogP) is 4.37. The summed E-state index contributed by atoms with van der Waals surface area (Å²) < 4.78 is 0. The fourth-order valence-corrected chi connectivity index (χ4v) is 2.77. The zero-order chi connectivity index (χ0) is 11.4. The van der Waals surface area contributed by atoms with Gasteiger partial charge >= 0.3 is 0 Å². The molecule has 0 amide bonds. The third kappa shape index (κ3) is 3.96. The summed E-state index contributed by atoms with van der Waals surface area (Å²) >= 11 is 7.85. The first kappa shape index (κ1) is 12.7. The van der Waals surface area contributed by atoms with Gasteiger partial charge in [-0.05, 0) is 42.7 Å². The van der Waals surface area contributed by atoms with Gasteiger partial charge in [0, 0.05) is 4.90 Å². The summed E-state index contributed by atoms with van der Waals surface area (Å²) in [6.07, 6.45) is 1.23. The Morgan fingerprint density at radius 3 is 2.67 bits per heavy atom. The van der Waals surface area contributed by atoms with Crippen molar-refractivity contribution in [3.8, 4) is 0 Å². The Kier molecular flexibility index (Phi) is 4.81. The van der Waals surface area contributed by atoms with Gasteiger partial charge < -0.3 is 5.73 Å². The highest BCUT2D eigenvalue weighted by molar-refractivity contribution is 7.99. The number of nitrogens with two attached hydrogens (primary N) is 1. The van der Waals surface area contributed by atoms with Crippen LogP contribution in [0.2, 0.25) is 5.02 Å². The van der Waals surface area contributed by atoms with Gasteiger partial charge in [-0.15, -0.1) is 11.8 Å². The monoisotopic (exact) mass is 243 g/mol. The van der Waals surface area contributed by atoms with Crippen LogP contribution in [-0.2, 0) is 0 Å². The number of benzene rings is 1. The minimum absolute atomic E-state index is 0.660. The molecule has 0 radical (unpaired) electrons. The van der Waals surface area contributed by atoms with Crippen molar-refractivity contribution in [1.29, 1.82) is 0 Å². The van der Waals surface area contributed by atoms with Gasteiger partial charge in [-0.3, -0.25) is 0 Å². The summed E-state index contributed by atoms with van der Waals surface area (Å²) in [7, 11) is 0. The molecule has 0 aliphatic rings. The van der Waals surface area contributed by atoms with Gasteiger partial charge in [0.25, 0.3) is 0 Å². The lowest BCUT2D eigenvalue weighted by atomic mass is 10.2. The molecule has 0 atom stereocenters. The lowest BCUT2D eigenvalue weighted by Gasteiger charge is -2.09. The number of halogens is 1. The maximum absolute atomic E-state index is 5.99. The highest BCUT2D eigenvalue weighted by atomic mass is 35.5. The molecule has 3 heteroatoms. The van der Waals surface area contributed by atoms with E-state index in [0.717, 1.165) is 11.7 Å². The molecule has 0 spiro atoms. The van der Waals surface area contributed by atoms with E-state index in [2.05, 4.69) is 20.8 Å². The molecule has 0 aromatic heterocycles. The third-order valence-corrected chi connectivity index (χ3v) is 3.77. The second-order valence-electron chi connectivity index (χ2n) is 4.17. The molecule has 1 rings (SSSR count). The number of hydrogen-bond donors (Lipinski definition) is 1. The van der Waals surface area contributed by atoms with Crippen LogP contribution in [0.1, 0.15) is 25.8 Å². The topological polar surface area (TPSA) is 26.0 Å². The highest BCUT2D eigenvalue weighted by Gasteiger charge is 2.04. The Hall–Kier alpha value is -0.340. The van der Waals surface area contributed by atoms with E-state index in [1.807, 2.05) is 23.9 Å². The van der Waals surface area contributed by atoms with Crippen molar-refractivity contribution >= 4 is 29.1 Å². The Balaban J connectivity index is 2.65. The molecule has 0 aliphatic heterocycles. The average Bonchev–Trinajstić information content (AvgIpc) is 2.13. The summed E-state index contributed by atoms with van der Waals surface area (Å²) in [5.74, 6) is 1.89. The van der Waals surface area contributed by atoms with Crippen molar-refractivity contribution < 1.29 is 0 Å². The van der Waals surface area contributed by atoms with E-state index in [4.69, 9.17) is 17.3 Å². The lowest BCUT2D eigenvalue weighted by Crippen LogP contribution is -1.92. The van der Waals surface area contributed by atoms with Crippen LogP contribution in [0.4, 0.5) is 5.69 Å². The van der Waals surface area contributed by atoms with Crippen molar-refractivity contribution in [1.82, 2.24) is 0 Å². The Morgan fingerprint density at radius 2 is 2.07 bits per heavy atom. The van der Waals surface area contributed by atoms with Crippen LogP contribution < -0.4 is 5.73 Å². The van der Waals surface area contributed by atoms with Crippen molar-refractivity contribution in [2.75, 3.05) is 11.5 Å². The van der Waals surface area contributed by atoms with Crippen molar-refractivity contribution in [2.24, 2.45) is 5.92 Å². The Bertz CT molecular complexity index is 337. The van der Waals surface area contributed by atoms with Crippen LogP contribution in [0.3, 0.4) is 0 Å². The van der Waals surface area contributed by atoms with Crippen LogP contribution in [0.25, 0.3) is 0 Å². The maximum atomic E-state index is 5.99. The molecular formula is C12H18ClNS. The Labute approximate surface area is 101 Å². The SMILES string of the molecule is Cc1cc(N)c(Cl)cc1SCCC(C)C. The van der Waals surface area contributed by atoms with E-state index in [-0.39, 0.29) is 0 Å². The summed E-state index contributed by atoms with van der Waals surface area (Å²) in [4.78, 5) is 1.25. The van der Waals surface area contributed by atoms with Crippen LogP contribution in [0.15, 0.2) is 17.0 Å². The average molecular weight is 244 g/mol. The van der Waals surface area contributed by atoms with E-state index < -0.39 is 0 Å². The van der Waals surface area contributed by atoms with E-state index in [9.17, 15) is 0 Å². The third-order valence-electron chi connectivity index (χ3n) is 2.25. The standard InChI is InChI=1S/C12H18ClNS/c1-8(2)4-5-15-12-7-10(13)11(14)6-9(12)3/h6-8H,4-5,14H2,1-3H3. The van der Waals surface area contributed by atoms with Crippen molar-refractivity contribution in [3.05, 3.63) is 22.7 Å². The van der Waals surface area contributed by atoms with Gasteiger partial charge in [0.15, 0.2) is 0 Å². The number of nitrogen functional groups attached to an aromatic ring is 1.